The maximum atomic E-state index is 10.8. The molecule has 0 heterocycles. The highest BCUT2D eigenvalue weighted by Crippen LogP contribution is 2.57. The summed E-state index contributed by atoms with van der Waals surface area (Å²) in [6.45, 7) is 0. The van der Waals surface area contributed by atoms with E-state index in [0.717, 1.165) is 17.9 Å². The predicted octanol–water partition coefficient (Wildman–Crippen LogP) is 2.26. The van der Waals surface area contributed by atoms with Crippen LogP contribution in [-0.2, 0) is 6.42 Å². The molecule has 2 aliphatic carbocycles. The minimum atomic E-state index is -0.372. The molecule has 0 bridgehead atoms. The number of nitro benzene ring substituents is 1. The molecule has 1 saturated carbocycles. The summed E-state index contributed by atoms with van der Waals surface area (Å²) in [5, 5.41) is 10.8. The van der Waals surface area contributed by atoms with Crippen LogP contribution in [0.1, 0.15) is 23.5 Å². The predicted molar refractivity (Wildman–Crippen MR) is 54.2 cm³/mol. The SMILES string of the molecule is COc1cc2c(cc1[N+](=O)[O-])C[C@H]1C[C@@H]21. The van der Waals surface area contributed by atoms with Crippen LogP contribution in [0.15, 0.2) is 12.1 Å². The molecule has 0 aliphatic heterocycles. The average molecular weight is 205 g/mol. The lowest BCUT2D eigenvalue weighted by Gasteiger charge is -2.06. The van der Waals surface area contributed by atoms with Gasteiger partial charge >= 0.3 is 5.69 Å². The second kappa shape index (κ2) is 2.72. The summed E-state index contributed by atoms with van der Waals surface area (Å²) in [5.74, 6) is 1.78. The van der Waals surface area contributed by atoms with Gasteiger partial charge < -0.3 is 4.74 Å². The molecule has 0 radical (unpaired) electrons. The van der Waals surface area contributed by atoms with Crippen molar-refractivity contribution >= 4 is 5.69 Å². The first-order valence-corrected chi connectivity index (χ1v) is 5.06. The van der Waals surface area contributed by atoms with E-state index in [1.807, 2.05) is 6.07 Å². The molecule has 0 amide bonds. The number of hydrogen-bond acceptors (Lipinski definition) is 3. The second-order valence-electron chi connectivity index (χ2n) is 4.29. The summed E-state index contributed by atoms with van der Waals surface area (Å²) in [5.41, 5.74) is 2.50. The van der Waals surface area contributed by atoms with Crippen molar-refractivity contribution < 1.29 is 9.66 Å². The van der Waals surface area contributed by atoms with Crippen LogP contribution < -0.4 is 4.74 Å². The lowest BCUT2D eigenvalue weighted by Crippen LogP contribution is -1.97. The van der Waals surface area contributed by atoms with Crippen molar-refractivity contribution in [1.29, 1.82) is 0 Å². The molecule has 78 valence electrons. The molecule has 1 aromatic rings. The van der Waals surface area contributed by atoms with E-state index in [2.05, 4.69) is 0 Å². The van der Waals surface area contributed by atoms with Gasteiger partial charge in [0.15, 0.2) is 5.75 Å². The molecule has 4 heteroatoms. The van der Waals surface area contributed by atoms with Crippen LogP contribution in [0.5, 0.6) is 5.75 Å². The van der Waals surface area contributed by atoms with Gasteiger partial charge in [-0.25, -0.2) is 0 Å². The number of hydrogen-bond donors (Lipinski definition) is 0. The van der Waals surface area contributed by atoms with Crippen molar-refractivity contribution in [2.45, 2.75) is 18.8 Å². The Bertz CT molecular complexity index is 455. The Labute approximate surface area is 87.0 Å². The van der Waals surface area contributed by atoms with Crippen LogP contribution in [0.3, 0.4) is 0 Å². The van der Waals surface area contributed by atoms with Crippen molar-refractivity contribution in [3.63, 3.8) is 0 Å². The van der Waals surface area contributed by atoms with Crippen LogP contribution >= 0.6 is 0 Å². The molecule has 2 aliphatic rings. The molecule has 2 atom stereocenters. The second-order valence-corrected chi connectivity index (χ2v) is 4.29. The Morgan fingerprint density at radius 1 is 1.53 bits per heavy atom. The third kappa shape index (κ3) is 1.14. The third-order valence-corrected chi connectivity index (χ3v) is 3.44. The summed E-state index contributed by atoms with van der Waals surface area (Å²) in [7, 11) is 1.48. The molecule has 4 nitrogen and oxygen atoms in total. The van der Waals surface area contributed by atoms with E-state index in [1.54, 1.807) is 6.07 Å². The highest BCUT2D eigenvalue weighted by Gasteiger charge is 2.46. The minimum Gasteiger partial charge on any atom is -0.490 e. The zero-order chi connectivity index (χ0) is 10.6. The van der Waals surface area contributed by atoms with Gasteiger partial charge in [-0.15, -0.1) is 0 Å². The van der Waals surface area contributed by atoms with E-state index >= 15 is 0 Å². The fourth-order valence-electron chi connectivity index (χ4n) is 2.59. The van der Waals surface area contributed by atoms with E-state index in [9.17, 15) is 10.1 Å². The quantitative estimate of drug-likeness (QED) is 0.549. The van der Waals surface area contributed by atoms with Gasteiger partial charge in [0.2, 0.25) is 0 Å². The van der Waals surface area contributed by atoms with Crippen LogP contribution in [0, 0.1) is 16.0 Å². The van der Waals surface area contributed by atoms with Crippen molar-refractivity contribution in [1.82, 2.24) is 0 Å². The molecule has 1 fully saturated rings. The smallest absolute Gasteiger partial charge is 0.311 e. The van der Waals surface area contributed by atoms with Gasteiger partial charge in [-0.3, -0.25) is 10.1 Å². The fraction of sp³-hybridized carbons (Fsp3) is 0.455. The first kappa shape index (κ1) is 8.71. The van der Waals surface area contributed by atoms with Crippen molar-refractivity contribution in [3.05, 3.63) is 33.4 Å². The monoisotopic (exact) mass is 205 g/mol. The first-order chi connectivity index (χ1) is 7.20. The maximum absolute atomic E-state index is 10.8. The summed E-state index contributed by atoms with van der Waals surface area (Å²) in [4.78, 5) is 10.4. The highest BCUT2D eigenvalue weighted by molar-refractivity contribution is 5.56. The van der Waals surface area contributed by atoms with Crippen LogP contribution in [0.2, 0.25) is 0 Å². The van der Waals surface area contributed by atoms with Crippen LogP contribution in [-0.4, -0.2) is 12.0 Å². The number of rotatable bonds is 2. The standard InChI is InChI=1S/C11H11NO3/c1-15-11-5-9-7(2-6-3-8(6)9)4-10(11)12(13)14/h4-6,8H,2-3H2,1H3/t6-,8+/m0/s1. The van der Waals surface area contributed by atoms with Gasteiger partial charge in [0.1, 0.15) is 0 Å². The normalized spacial score (nSPS) is 25.7. The summed E-state index contributed by atoms with van der Waals surface area (Å²) >= 11 is 0. The topological polar surface area (TPSA) is 52.4 Å². The molecule has 1 aromatic carbocycles. The molecule has 3 rings (SSSR count). The number of benzene rings is 1. The van der Waals surface area contributed by atoms with Gasteiger partial charge in [-0.2, -0.15) is 0 Å². The van der Waals surface area contributed by atoms with Gasteiger partial charge in [-0.1, -0.05) is 0 Å². The number of ether oxygens (including phenoxy) is 1. The number of nitro groups is 1. The van der Waals surface area contributed by atoms with Crippen molar-refractivity contribution in [2.75, 3.05) is 7.11 Å². The van der Waals surface area contributed by atoms with E-state index < -0.39 is 0 Å². The summed E-state index contributed by atoms with van der Waals surface area (Å²) in [6, 6.07) is 3.53. The third-order valence-electron chi connectivity index (χ3n) is 3.44. The van der Waals surface area contributed by atoms with Gasteiger partial charge in [-0.05, 0) is 41.9 Å². The Morgan fingerprint density at radius 3 is 3.00 bits per heavy atom. The number of nitrogens with zero attached hydrogens (tertiary/aromatic N) is 1. The molecule has 0 aromatic heterocycles. The maximum Gasteiger partial charge on any atom is 0.311 e. The fourth-order valence-corrected chi connectivity index (χ4v) is 2.59. The zero-order valence-electron chi connectivity index (χ0n) is 8.40. The number of fused-ring (bicyclic) bond motifs is 3. The molecule has 0 N–H and O–H groups in total. The number of methoxy groups -OCH3 is 1. The highest BCUT2D eigenvalue weighted by atomic mass is 16.6. The van der Waals surface area contributed by atoms with Crippen molar-refractivity contribution in [3.8, 4) is 5.75 Å². The van der Waals surface area contributed by atoms with E-state index in [0.29, 0.717) is 11.7 Å². The minimum absolute atomic E-state index is 0.0950. The largest absolute Gasteiger partial charge is 0.490 e. The molecule has 0 unspecified atom stereocenters. The summed E-state index contributed by atoms with van der Waals surface area (Å²) < 4.78 is 5.06. The van der Waals surface area contributed by atoms with E-state index in [4.69, 9.17) is 4.74 Å². The Balaban J connectivity index is 2.14. The molecular formula is C11H11NO3. The van der Waals surface area contributed by atoms with E-state index in [-0.39, 0.29) is 10.6 Å². The molecule has 0 spiro atoms. The lowest BCUT2D eigenvalue weighted by atomic mass is 10.0. The molecular weight excluding hydrogens is 194 g/mol. The average Bonchev–Trinajstić information content (AvgIpc) is 2.90. The molecule has 0 saturated heterocycles. The van der Waals surface area contributed by atoms with Gasteiger partial charge in [0, 0.05) is 6.07 Å². The Morgan fingerprint density at radius 2 is 2.33 bits per heavy atom. The lowest BCUT2D eigenvalue weighted by molar-refractivity contribution is -0.385. The first-order valence-electron chi connectivity index (χ1n) is 5.06. The van der Waals surface area contributed by atoms with Crippen LogP contribution in [0.25, 0.3) is 0 Å². The zero-order valence-corrected chi connectivity index (χ0v) is 8.40. The van der Waals surface area contributed by atoms with E-state index in [1.165, 1.54) is 19.1 Å². The van der Waals surface area contributed by atoms with Gasteiger partial charge in [0.25, 0.3) is 0 Å². The van der Waals surface area contributed by atoms with Gasteiger partial charge in [0.05, 0.1) is 12.0 Å². The summed E-state index contributed by atoms with van der Waals surface area (Å²) in [6.07, 6.45) is 2.25. The van der Waals surface area contributed by atoms with Crippen LogP contribution in [0.4, 0.5) is 5.69 Å². The Kier molecular flexibility index (Phi) is 1.58. The van der Waals surface area contributed by atoms with Crippen molar-refractivity contribution in [2.24, 2.45) is 5.92 Å². The molecule has 15 heavy (non-hydrogen) atoms. The Hall–Kier alpha value is -1.58.